The van der Waals surface area contributed by atoms with Crippen molar-refractivity contribution in [3.8, 4) is 6.07 Å². The van der Waals surface area contributed by atoms with Crippen LogP contribution in [-0.4, -0.2) is 34.3 Å². The average molecular weight is 422 g/mol. The van der Waals surface area contributed by atoms with Crippen molar-refractivity contribution in [2.75, 3.05) is 0 Å². The van der Waals surface area contributed by atoms with Gasteiger partial charge in [0.05, 0.1) is 17.1 Å². The van der Waals surface area contributed by atoms with E-state index in [-0.39, 0.29) is 28.2 Å². The van der Waals surface area contributed by atoms with Gasteiger partial charge < -0.3 is 5.11 Å². The van der Waals surface area contributed by atoms with Gasteiger partial charge in [-0.25, -0.2) is 18.4 Å². The summed E-state index contributed by atoms with van der Waals surface area (Å²) in [6.07, 6.45) is 2.50. The number of fused-ring (bicyclic) bond motifs is 1. The quantitative estimate of drug-likeness (QED) is 0.655. The number of pyridine rings is 1. The van der Waals surface area contributed by atoms with Crippen LogP contribution in [0, 0.1) is 11.3 Å². The maximum Gasteiger partial charge on any atom is 0.340 e. The van der Waals surface area contributed by atoms with Gasteiger partial charge in [-0.2, -0.15) is 10.4 Å². The van der Waals surface area contributed by atoms with Gasteiger partial charge in [0.15, 0.2) is 5.69 Å². The van der Waals surface area contributed by atoms with Gasteiger partial charge in [-0.05, 0) is 23.8 Å². The van der Waals surface area contributed by atoms with Crippen LogP contribution in [0.4, 0.5) is 0 Å². The Kier molecular flexibility index (Phi) is 6.35. The Morgan fingerprint density at radius 1 is 1.36 bits per heavy atom. The van der Waals surface area contributed by atoms with Gasteiger partial charge in [-0.15, -0.1) is 0 Å². The summed E-state index contributed by atoms with van der Waals surface area (Å²) in [6.45, 7) is 4.02. The highest BCUT2D eigenvalue weighted by molar-refractivity contribution is 7.89. The molecule has 28 heavy (non-hydrogen) atoms. The first-order chi connectivity index (χ1) is 13.2. The molecule has 0 saturated heterocycles. The van der Waals surface area contributed by atoms with Crippen LogP contribution in [0.15, 0.2) is 35.5 Å². The van der Waals surface area contributed by atoms with Gasteiger partial charge in [-0.1, -0.05) is 25.4 Å². The van der Waals surface area contributed by atoms with Crippen molar-refractivity contribution in [2.24, 2.45) is 5.14 Å². The lowest BCUT2D eigenvalue weighted by atomic mass is 10.1. The van der Waals surface area contributed by atoms with Gasteiger partial charge in [0.2, 0.25) is 10.0 Å². The molecule has 3 rings (SSSR count). The molecule has 0 fully saturated rings. The maximum atomic E-state index is 11.9. The molecule has 146 valence electrons. The second-order valence-electron chi connectivity index (χ2n) is 5.37. The molecule has 0 bridgehead atoms. The topological polar surface area (TPSA) is 152 Å². The van der Waals surface area contributed by atoms with E-state index in [4.69, 9.17) is 27.1 Å². The zero-order valence-electron chi connectivity index (χ0n) is 14.9. The average Bonchev–Trinajstić information content (AvgIpc) is 3.05. The number of benzene rings is 1. The molecule has 3 N–H and O–H groups in total. The normalized spacial score (nSPS) is 10.8. The number of aromatic nitrogens is 3. The van der Waals surface area contributed by atoms with Crippen LogP contribution in [0.25, 0.3) is 10.9 Å². The number of halogens is 1. The van der Waals surface area contributed by atoms with Gasteiger partial charge in [-0.3, -0.25) is 9.67 Å². The molecule has 0 unspecified atom stereocenters. The number of nitriles is 1. The lowest BCUT2D eigenvalue weighted by Gasteiger charge is -2.09. The molecule has 0 aliphatic rings. The molecule has 0 radical (unpaired) electrons. The molecule has 9 nitrogen and oxygen atoms in total. The van der Waals surface area contributed by atoms with E-state index in [2.05, 4.69) is 10.1 Å². The molecular formula is C17H16ClN5O4S. The fourth-order valence-electron chi connectivity index (χ4n) is 2.49. The van der Waals surface area contributed by atoms with Crippen molar-refractivity contribution in [1.29, 1.82) is 5.26 Å². The van der Waals surface area contributed by atoms with E-state index >= 15 is 0 Å². The van der Waals surface area contributed by atoms with Crippen LogP contribution in [-0.2, 0) is 16.6 Å². The summed E-state index contributed by atoms with van der Waals surface area (Å²) < 4.78 is 25.0. The number of nitrogens with zero attached hydrogens (tertiary/aromatic N) is 4. The Morgan fingerprint density at radius 2 is 2.04 bits per heavy atom. The minimum Gasteiger partial charge on any atom is -0.478 e. The molecule has 0 spiro atoms. The zero-order chi connectivity index (χ0) is 21.1. The van der Waals surface area contributed by atoms with Crippen LogP contribution in [0.1, 0.15) is 35.5 Å². The minimum atomic E-state index is -4.06. The fraction of sp³-hybridized carbons (Fsp3) is 0.176. The maximum absolute atomic E-state index is 11.9. The molecule has 0 amide bonds. The third-order valence-electron chi connectivity index (χ3n) is 3.52. The van der Waals surface area contributed by atoms with Gasteiger partial charge in [0.25, 0.3) is 0 Å². The summed E-state index contributed by atoms with van der Waals surface area (Å²) in [5.41, 5.74) is 0.152. The lowest BCUT2D eigenvalue weighted by molar-refractivity contribution is 0.0696. The number of aromatic carboxylic acids is 1. The van der Waals surface area contributed by atoms with Crippen LogP contribution in [0.3, 0.4) is 0 Å². The van der Waals surface area contributed by atoms with Crippen molar-refractivity contribution < 1.29 is 18.3 Å². The number of nitrogens with two attached hydrogens (primary N) is 1. The Morgan fingerprint density at radius 3 is 2.57 bits per heavy atom. The van der Waals surface area contributed by atoms with Crippen molar-refractivity contribution >= 4 is 38.5 Å². The third kappa shape index (κ3) is 4.45. The number of carboxylic acids is 1. The first-order valence-corrected chi connectivity index (χ1v) is 9.93. The monoisotopic (exact) mass is 421 g/mol. The summed E-state index contributed by atoms with van der Waals surface area (Å²) in [7, 11) is -4.06. The van der Waals surface area contributed by atoms with Crippen molar-refractivity contribution in [3.63, 3.8) is 0 Å². The molecule has 0 saturated carbocycles. The Hall–Kier alpha value is -3.00. The van der Waals surface area contributed by atoms with E-state index in [1.165, 1.54) is 29.2 Å². The van der Waals surface area contributed by atoms with Gasteiger partial charge in [0, 0.05) is 17.8 Å². The Bertz CT molecular complexity index is 1200. The third-order valence-corrected chi connectivity index (χ3v) is 4.65. The summed E-state index contributed by atoms with van der Waals surface area (Å²) >= 11 is 5.91. The highest BCUT2D eigenvalue weighted by Crippen LogP contribution is 2.25. The number of hydrogen-bond donors (Lipinski definition) is 2. The first kappa shape index (κ1) is 21.3. The second kappa shape index (κ2) is 8.35. The van der Waals surface area contributed by atoms with E-state index < -0.39 is 16.0 Å². The van der Waals surface area contributed by atoms with E-state index in [1.54, 1.807) is 12.1 Å². The van der Waals surface area contributed by atoms with E-state index in [0.29, 0.717) is 16.0 Å². The number of sulfonamides is 1. The Labute approximate surface area is 166 Å². The van der Waals surface area contributed by atoms with Crippen molar-refractivity contribution in [2.45, 2.75) is 25.3 Å². The molecule has 1 aromatic carbocycles. The molecular weight excluding hydrogens is 406 g/mol. The molecule has 0 aliphatic carbocycles. The highest BCUT2D eigenvalue weighted by atomic mass is 35.5. The summed E-state index contributed by atoms with van der Waals surface area (Å²) in [4.78, 5) is 14.9. The fourth-order valence-corrected chi connectivity index (χ4v) is 3.41. The van der Waals surface area contributed by atoms with Crippen LogP contribution in [0.2, 0.25) is 5.02 Å². The SMILES string of the molecule is CC.N#Cc1nn(Cc2cc(S(N)(=O)=O)c3ncc(Cl)cc3c2)cc1C(=O)O. The number of carbonyl (C=O) groups is 1. The predicted molar refractivity (Wildman–Crippen MR) is 102 cm³/mol. The smallest absolute Gasteiger partial charge is 0.340 e. The summed E-state index contributed by atoms with van der Waals surface area (Å²) in [5.74, 6) is -1.28. The summed E-state index contributed by atoms with van der Waals surface area (Å²) in [6, 6.07) is 6.20. The van der Waals surface area contributed by atoms with Gasteiger partial charge in [0.1, 0.15) is 16.5 Å². The van der Waals surface area contributed by atoms with Gasteiger partial charge >= 0.3 is 5.97 Å². The molecule has 11 heteroatoms. The van der Waals surface area contributed by atoms with Crippen molar-refractivity contribution in [1.82, 2.24) is 14.8 Å². The van der Waals surface area contributed by atoms with E-state index in [1.807, 2.05) is 13.8 Å². The van der Waals surface area contributed by atoms with E-state index in [0.717, 1.165) is 0 Å². The number of hydrogen-bond acceptors (Lipinski definition) is 6. The van der Waals surface area contributed by atoms with Crippen LogP contribution >= 0.6 is 11.6 Å². The minimum absolute atomic E-state index is 0.0208. The summed E-state index contributed by atoms with van der Waals surface area (Å²) in [5, 5.41) is 28.0. The van der Waals surface area contributed by atoms with Crippen LogP contribution in [0.5, 0.6) is 0 Å². The predicted octanol–water partition coefficient (Wildman–Crippen LogP) is 2.38. The largest absolute Gasteiger partial charge is 0.478 e. The molecule has 0 aliphatic heterocycles. The van der Waals surface area contributed by atoms with Crippen LogP contribution < -0.4 is 5.14 Å². The molecule has 0 atom stereocenters. The molecule has 2 aromatic heterocycles. The van der Waals surface area contributed by atoms with E-state index in [9.17, 15) is 13.2 Å². The molecule has 2 heterocycles. The number of carboxylic acid groups (broad SMARTS) is 1. The standard InChI is InChI=1S/C15H10ClN5O4S.C2H6/c16-10-3-9-1-8(2-13(26(18,24)25)14(9)19-5-10)6-21-7-11(15(22)23)12(4-17)20-21;1-2/h1-3,5,7H,6H2,(H,22,23)(H2,18,24,25);1-2H3. The highest BCUT2D eigenvalue weighted by Gasteiger charge is 2.18. The van der Waals surface area contributed by atoms with Crippen molar-refractivity contribution in [3.05, 3.63) is 52.4 Å². The Balaban J connectivity index is 0.00000136. The number of primary sulfonamides is 1. The first-order valence-electron chi connectivity index (χ1n) is 8.01. The molecule has 3 aromatic rings. The zero-order valence-corrected chi connectivity index (χ0v) is 16.5. The number of rotatable bonds is 4. The second-order valence-corrected chi connectivity index (χ2v) is 7.34. The lowest BCUT2D eigenvalue weighted by Crippen LogP contribution is -2.14.